The van der Waals surface area contributed by atoms with Crippen molar-refractivity contribution in [2.24, 2.45) is 0 Å². The molecule has 0 bridgehead atoms. The van der Waals surface area contributed by atoms with Crippen LogP contribution in [0.25, 0.3) is 11.1 Å². The molecule has 1 N–H and O–H groups in total. The number of carbonyl (C=O) groups excluding carboxylic acids is 1. The van der Waals surface area contributed by atoms with Gasteiger partial charge in [0.15, 0.2) is 0 Å². The van der Waals surface area contributed by atoms with Crippen LogP contribution >= 0.6 is 0 Å². The van der Waals surface area contributed by atoms with Gasteiger partial charge in [0, 0.05) is 42.8 Å². The van der Waals surface area contributed by atoms with Crippen LogP contribution < -0.4 is 0 Å². The first-order valence-corrected chi connectivity index (χ1v) is 11.7. The van der Waals surface area contributed by atoms with E-state index in [1.807, 2.05) is 60.9 Å². The molecule has 2 heterocycles. The summed E-state index contributed by atoms with van der Waals surface area (Å²) in [7, 11) is 2.25. The molecule has 1 aromatic heterocycles. The molecule has 2 atom stereocenters. The smallest absolute Gasteiger partial charge is 0.347 e. The quantitative estimate of drug-likeness (QED) is 0.446. The van der Waals surface area contributed by atoms with Gasteiger partial charge in [0.1, 0.15) is 19.0 Å². The Labute approximate surface area is 194 Å². The third-order valence-electron chi connectivity index (χ3n) is 7.46. The molecule has 6 heteroatoms. The van der Waals surface area contributed by atoms with Gasteiger partial charge >= 0.3 is 5.97 Å². The number of aryl methyl sites for hydroxylation is 1. The van der Waals surface area contributed by atoms with Gasteiger partial charge in [0.2, 0.25) is 5.60 Å². The molecule has 170 valence electrons. The zero-order chi connectivity index (χ0) is 22.9. The normalized spacial score (nSPS) is 22.5. The van der Waals surface area contributed by atoms with Crippen molar-refractivity contribution in [3.63, 3.8) is 0 Å². The Morgan fingerprint density at radius 2 is 1.73 bits per heavy atom. The fraction of sp³-hybridized carbons (Fsp3) is 0.370. The van der Waals surface area contributed by atoms with Crippen molar-refractivity contribution in [1.82, 2.24) is 9.97 Å². The fourth-order valence-corrected chi connectivity index (χ4v) is 5.55. The van der Waals surface area contributed by atoms with E-state index in [1.165, 1.54) is 0 Å². The first kappa shape index (κ1) is 21.7. The Balaban J connectivity index is 1.27. The van der Waals surface area contributed by atoms with Gasteiger partial charge in [0.25, 0.3) is 0 Å². The molecule has 0 saturated carbocycles. The summed E-state index contributed by atoms with van der Waals surface area (Å²) in [4.78, 5) is 21.6. The van der Waals surface area contributed by atoms with Crippen molar-refractivity contribution in [2.45, 2.75) is 37.3 Å². The molecular weight excluding hydrogens is 414 g/mol. The number of quaternary nitrogens is 1. The molecular formula is C27H30N3O3+. The van der Waals surface area contributed by atoms with Crippen LogP contribution in [0.4, 0.5) is 0 Å². The second kappa shape index (κ2) is 8.69. The highest BCUT2D eigenvalue weighted by Crippen LogP contribution is 2.48. The van der Waals surface area contributed by atoms with Crippen molar-refractivity contribution in [3.8, 4) is 11.1 Å². The standard InChI is InChI=1S/C27H30N3O3/c1-30(14-6-8-20-16-28-19-29-17-20)15-7-9-21(30)18-33-26(31)27(32)24-12-4-2-10-22(24)23-11-3-5-13-25(23)27/h2-5,10-13,16-17,19,21,32H,6-9,14-15,18H2,1H3/q+1/t21-,30?/m1/s1. The zero-order valence-corrected chi connectivity index (χ0v) is 19.0. The minimum atomic E-state index is -1.76. The number of aliphatic hydroxyl groups is 1. The second-order valence-electron chi connectivity index (χ2n) is 9.47. The summed E-state index contributed by atoms with van der Waals surface area (Å²) >= 11 is 0. The third kappa shape index (κ3) is 3.83. The lowest BCUT2D eigenvalue weighted by atomic mass is 9.91. The van der Waals surface area contributed by atoms with E-state index in [-0.39, 0.29) is 6.04 Å². The third-order valence-corrected chi connectivity index (χ3v) is 7.46. The number of aromatic nitrogens is 2. The maximum Gasteiger partial charge on any atom is 0.347 e. The summed E-state index contributed by atoms with van der Waals surface area (Å²) in [5.74, 6) is -0.584. The average molecular weight is 445 g/mol. The highest BCUT2D eigenvalue weighted by Gasteiger charge is 2.50. The van der Waals surface area contributed by atoms with Crippen LogP contribution in [-0.4, -0.2) is 58.3 Å². The van der Waals surface area contributed by atoms with Gasteiger partial charge in [-0.1, -0.05) is 48.5 Å². The predicted molar refractivity (Wildman–Crippen MR) is 125 cm³/mol. The largest absolute Gasteiger partial charge is 0.457 e. The minimum Gasteiger partial charge on any atom is -0.457 e. The molecule has 1 fully saturated rings. The first-order valence-electron chi connectivity index (χ1n) is 11.7. The lowest BCUT2D eigenvalue weighted by Gasteiger charge is -2.36. The summed E-state index contributed by atoms with van der Waals surface area (Å²) in [5.41, 5.74) is 2.36. The number of esters is 1. The van der Waals surface area contributed by atoms with E-state index in [1.54, 1.807) is 6.33 Å². The number of nitrogens with zero attached hydrogens (tertiary/aromatic N) is 3. The Hall–Kier alpha value is -3.09. The molecule has 2 aromatic carbocycles. The van der Waals surface area contributed by atoms with Crippen LogP contribution in [0, 0.1) is 0 Å². The predicted octanol–water partition coefficient (Wildman–Crippen LogP) is 3.48. The number of hydrogen-bond acceptors (Lipinski definition) is 5. The van der Waals surface area contributed by atoms with Gasteiger partial charge in [0.05, 0.1) is 20.1 Å². The zero-order valence-electron chi connectivity index (χ0n) is 19.0. The molecule has 0 spiro atoms. The number of rotatable bonds is 7. The summed E-state index contributed by atoms with van der Waals surface area (Å²) in [6, 6.07) is 15.3. The second-order valence-corrected chi connectivity index (χ2v) is 9.47. The van der Waals surface area contributed by atoms with Gasteiger partial charge in [-0.15, -0.1) is 0 Å². The fourth-order valence-electron chi connectivity index (χ4n) is 5.55. The number of benzene rings is 2. The van der Waals surface area contributed by atoms with Gasteiger partial charge < -0.3 is 14.3 Å². The molecule has 1 unspecified atom stereocenters. The molecule has 0 amide bonds. The van der Waals surface area contributed by atoms with Crippen LogP contribution in [0.5, 0.6) is 0 Å². The van der Waals surface area contributed by atoms with E-state index in [4.69, 9.17) is 4.74 Å². The van der Waals surface area contributed by atoms with Crippen LogP contribution in [0.3, 0.4) is 0 Å². The summed E-state index contributed by atoms with van der Waals surface area (Å²) in [6.45, 7) is 2.40. The molecule has 1 aliphatic carbocycles. The Morgan fingerprint density at radius 3 is 2.39 bits per heavy atom. The van der Waals surface area contributed by atoms with E-state index in [0.29, 0.717) is 17.7 Å². The molecule has 5 rings (SSSR count). The minimum absolute atomic E-state index is 0.233. The lowest BCUT2D eigenvalue weighted by molar-refractivity contribution is -0.921. The average Bonchev–Trinajstić information content (AvgIpc) is 3.34. The van der Waals surface area contributed by atoms with E-state index in [2.05, 4.69) is 17.0 Å². The highest BCUT2D eigenvalue weighted by atomic mass is 16.6. The lowest BCUT2D eigenvalue weighted by Crippen LogP contribution is -2.51. The van der Waals surface area contributed by atoms with Crippen LogP contribution in [0.1, 0.15) is 36.0 Å². The Bertz CT molecular complexity index is 1100. The van der Waals surface area contributed by atoms with Gasteiger partial charge in [-0.2, -0.15) is 0 Å². The maximum absolute atomic E-state index is 13.4. The van der Waals surface area contributed by atoms with Crippen LogP contribution in [0.2, 0.25) is 0 Å². The molecule has 3 aromatic rings. The van der Waals surface area contributed by atoms with Crippen molar-refractivity contribution >= 4 is 5.97 Å². The van der Waals surface area contributed by atoms with E-state index >= 15 is 0 Å². The molecule has 1 aliphatic heterocycles. The first-order chi connectivity index (χ1) is 16.0. The Morgan fingerprint density at radius 1 is 1.09 bits per heavy atom. The SMILES string of the molecule is C[N+]1(CCCc2cncnc2)CCC[C@@H]1COC(=O)C1(O)c2ccccc2-c2ccccc21. The number of fused-ring (bicyclic) bond motifs is 3. The number of hydrogen-bond donors (Lipinski definition) is 1. The summed E-state index contributed by atoms with van der Waals surface area (Å²) in [5, 5.41) is 11.6. The van der Waals surface area contributed by atoms with Gasteiger partial charge in [-0.25, -0.2) is 14.8 Å². The van der Waals surface area contributed by atoms with E-state index in [0.717, 1.165) is 59.9 Å². The Kier molecular flexibility index (Phi) is 5.72. The molecule has 6 nitrogen and oxygen atoms in total. The van der Waals surface area contributed by atoms with Gasteiger partial charge in [-0.3, -0.25) is 0 Å². The monoisotopic (exact) mass is 444 g/mol. The van der Waals surface area contributed by atoms with Crippen molar-refractivity contribution in [3.05, 3.63) is 83.9 Å². The van der Waals surface area contributed by atoms with E-state index < -0.39 is 11.6 Å². The number of ether oxygens (including phenoxy) is 1. The summed E-state index contributed by atoms with van der Waals surface area (Å²) < 4.78 is 6.74. The number of likely N-dealkylation sites (tertiary alicyclic amines) is 1. The topological polar surface area (TPSA) is 72.3 Å². The maximum atomic E-state index is 13.4. The molecule has 1 saturated heterocycles. The molecule has 33 heavy (non-hydrogen) atoms. The van der Waals surface area contributed by atoms with Crippen molar-refractivity contribution in [2.75, 3.05) is 26.7 Å². The van der Waals surface area contributed by atoms with Gasteiger partial charge in [-0.05, 0) is 23.1 Å². The van der Waals surface area contributed by atoms with Crippen molar-refractivity contribution < 1.29 is 19.1 Å². The summed E-state index contributed by atoms with van der Waals surface area (Å²) in [6.07, 6.45) is 9.39. The van der Waals surface area contributed by atoms with Crippen molar-refractivity contribution in [1.29, 1.82) is 0 Å². The highest BCUT2D eigenvalue weighted by molar-refractivity contribution is 5.96. The molecule has 2 aliphatic rings. The number of likely N-dealkylation sites (N-methyl/N-ethyl adjacent to an activating group) is 1. The van der Waals surface area contributed by atoms with E-state index in [9.17, 15) is 9.90 Å². The van der Waals surface area contributed by atoms with Crippen LogP contribution in [0.15, 0.2) is 67.3 Å². The number of carbonyl (C=O) groups is 1. The molecule has 0 radical (unpaired) electrons. The van der Waals surface area contributed by atoms with Crippen LogP contribution in [-0.2, 0) is 21.6 Å².